The number of amides is 1. The number of ketones is 1. The molecule has 1 aromatic carbocycles. The van der Waals surface area contributed by atoms with Gasteiger partial charge in [0.05, 0.1) is 18.7 Å². The second kappa shape index (κ2) is 6.37. The number of carbonyl (C=O) groups excluding carboxylic acids is 2. The average Bonchev–Trinajstić information content (AvgIpc) is 2.56. The summed E-state index contributed by atoms with van der Waals surface area (Å²) in [5.41, 5.74) is 1.79. The summed E-state index contributed by atoms with van der Waals surface area (Å²) >= 11 is 0. The van der Waals surface area contributed by atoms with Crippen LogP contribution >= 0.6 is 0 Å². The predicted octanol–water partition coefficient (Wildman–Crippen LogP) is 2.81. The fourth-order valence-electron chi connectivity index (χ4n) is 2.08. The zero-order valence-electron chi connectivity index (χ0n) is 11.9. The lowest BCUT2D eigenvalue weighted by Crippen LogP contribution is -2.25. The molecule has 0 aliphatic carbocycles. The Morgan fingerprint density at radius 2 is 2.25 bits per heavy atom. The van der Waals surface area contributed by atoms with Crippen molar-refractivity contribution in [1.29, 1.82) is 0 Å². The first-order valence-electron chi connectivity index (χ1n) is 6.77. The highest BCUT2D eigenvalue weighted by Gasteiger charge is 2.19. The van der Waals surface area contributed by atoms with Crippen LogP contribution in [0.2, 0.25) is 0 Å². The van der Waals surface area contributed by atoms with Crippen molar-refractivity contribution < 1.29 is 14.3 Å². The van der Waals surface area contributed by atoms with Crippen LogP contribution in [0.1, 0.15) is 31.7 Å². The van der Waals surface area contributed by atoms with Gasteiger partial charge in [0.25, 0.3) is 0 Å². The second-order valence-electron chi connectivity index (χ2n) is 4.92. The maximum atomic E-state index is 11.8. The summed E-state index contributed by atoms with van der Waals surface area (Å²) in [6.07, 6.45) is 5.63. The fraction of sp³-hybridized carbons (Fsp3) is 0.375. The van der Waals surface area contributed by atoms with E-state index in [0.29, 0.717) is 19.4 Å². The fourth-order valence-corrected chi connectivity index (χ4v) is 2.08. The number of hydrogen-bond acceptors (Lipinski definition) is 3. The highest BCUT2D eigenvalue weighted by Crippen LogP contribution is 2.31. The highest BCUT2D eigenvalue weighted by molar-refractivity contribution is 5.95. The molecule has 0 N–H and O–H groups in total. The molecule has 0 unspecified atom stereocenters. The minimum atomic E-state index is 0.0569. The third-order valence-electron chi connectivity index (χ3n) is 3.27. The van der Waals surface area contributed by atoms with Crippen LogP contribution in [0.3, 0.4) is 0 Å². The van der Waals surface area contributed by atoms with Crippen molar-refractivity contribution in [3.8, 4) is 5.75 Å². The first-order valence-corrected chi connectivity index (χ1v) is 6.77. The molecular formula is C16H19NO3. The van der Waals surface area contributed by atoms with Gasteiger partial charge in [-0.15, -0.1) is 0 Å². The van der Waals surface area contributed by atoms with Gasteiger partial charge in [0.15, 0.2) is 0 Å². The summed E-state index contributed by atoms with van der Waals surface area (Å²) in [5, 5.41) is 0. The largest absolute Gasteiger partial charge is 0.491 e. The zero-order chi connectivity index (χ0) is 14.5. The third-order valence-corrected chi connectivity index (χ3v) is 3.27. The van der Waals surface area contributed by atoms with Gasteiger partial charge in [0, 0.05) is 13.5 Å². The Morgan fingerprint density at radius 1 is 1.45 bits per heavy atom. The molecule has 20 heavy (non-hydrogen) atoms. The van der Waals surface area contributed by atoms with E-state index in [1.165, 1.54) is 0 Å². The van der Waals surface area contributed by atoms with Gasteiger partial charge < -0.3 is 14.4 Å². The number of fused-ring (bicyclic) bond motifs is 1. The van der Waals surface area contributed by atoms with E-state index in [-0.39, 0.29) is 11.7 Å². The van der Waals surface area contributed by atoms with Crippen molar-refractivity contribution in [1.82, 2.24) is 0 Å². The SMILES string of the molecule is CC(=O)CC/C=C/c1ccc2c(c1)N(C)C(=O)CCO2. The molecule has 0 radical (unpaired) electrons. The third kappa shape index (κ3) is 3.47. The van der Waals surface area contributed by atoms with Crippen LogP contribution in [-0.2, 0) is 9.59 Å². The summed E-state index contributed by atoms with van der Waals surface area (Å²) < 4.78 is 5.57. The molecule has 0 saturated carbocycles. The van der Waals surface area contributed by atoms with Crippen LogP contribution in [-0.4, -0.2) is 25.3 Å². The van der Waals surface area contributed by atoms with E-state index in [1.807, 2.05) is 30.4 Å². The normalized spacial score (nSPS) is 14.9. The molecule has 1 aromatic rings. The zero-order valence-corrected chi connectivity index (χ0v) is 11.9. The van der Waals surface area contributed by atoms with E-state index in [4.69, 9.17) is 4.74 Å². The van der Waals surface area contributed by atoms with Crippen LogP contribution in [0.4, 0.5) is 5.69 Å². The Hall–Kier alpha value is -2.10. The van der Waals surface area contributed by atoms with Gasteiger partial charge >= 0.3 is 0 Å². The van der Waals surface area contributed by atoms with Crippen molar-refractivity contribution >= 4 is 23.5 Å². The molecule has 0 spiro atoms. The van der Waals surface area contributed by atoms with Crippen LogP contribution in [0.15, 0.2) is 24.3 Å². The molecule has 106 valence electrons. The van der Waals surface area contributed by atoms with E-state index >= 15 is 0 Å². The summed E-state index contributed by atoms with van der Waals surface area (Å²) in [6.45, 7) is 2.01. The monoisotopic (exact) mass is 273 g/mol. The Labute approximate surface area is 119 Å². The lowest BCUT2D eigenvalue weighted by molar-refractivity contribution is -0.118. The number of allylic oxidation sites excluding steroid dienone is 1. The minimum absolute atomic E-state index is 0.0569. The topological polar surface area (TPSA) is 46.6 Å². The standard InChI is InChI=1S/C16H19NO3/c1-12(18)5-3-4-6-13-7-8-15-14(11-13)17(2)16(19)9-10-20-15/h4,6-8,11H,3,5,9-10H2,1-2H3/b6-4+. The number of Topliss-reactive ketones (excluding diaryl/α,β-unsaturated/α-hetero) is 1. The van der Waals surface area contributed by atoms with Gasteiger partial charge in [-0.2, -0.15) is 0 Å². The Kier molecular flexibility index (Phi) is 4.56. The molecule has 4 heteroatoms. The quantitative estimate of drug-likeness (QED) is 0.847. The van der Waals surface area contributed by atoms with Gasteiger partial charge in [0.2, 0.25) is 5.91 Å². The summed E-state index contributed by atoms with van der Waals surface area (Å²) in [5.74, 6) is 0.982. The van der Waals surface area contributed by atoms with Crippen molar-refractivity contribution in [3.63, 3.8) is 0 Å². The predicted molar refractivity (Wildman–Crippen MR) is 78.9 cm³/mol. The Morgan fingerprint density at radius 3 is 3.00 bits per heavy atom. The molecule has 0 fully saturated rings. The lowest BCUT2D eigenvalue weighted by Gasteiger charge is -2.16. The van der Waals surface area contributed by atoms with Crippen molar-refractivity contribution in [2.45, 2.75) is 26.2 Å². The van der Waals surface area contributed by atoms with E-state index in [2.05, 4.69) is 0 Å². The van der Waals surface area contributed by atoms with Gasteiger partial charge in [0.1, 0.15) is 11.5 Å². The second-order valence-corrected chi connectivity index (χ2v) is 4.92. The maximum Gasteiger partial charge on any atom is 0.230 e. The van der Waals surface area contributed by atoms with E-state index < -0.39 is 0 Å². The molecule has 0 saturated heterocycles. The van der Waals surface area contributed by atoms with Crippen molar-refractivity contribution in [3.05, 3.63) is 29.8 Å². The van der Waals surface area contributed by atoms with Crippen LogP contribution in [0.5, 0.6) is 5.75 Å². The molecule has 0 bridgehead atoms. The first-order chi connectivity index (χ1) is 9.58. The number of hydrogen-bond donors (Lipinski definition) is 0. The maximum absolute atomic E-state index is 11.8. The van der Waals surface area contributed by atoms with Gasteiger partial charge in [-0.1, -0.05) is 18.2 Å². The number of benzene rings is 1. The minimum Gasteiger partial charge on any atom is -0.491 e. The molecule has 4 nitrogen and oxygen atoms in total. The molecule has 0 atom stereocenters. The Bertz CT molecular complexity index is 549. The molecule has 1 aliphatic heterocycles. The molecular weight excluding hydrogens is 254 g/mol. The number of carbonyl (C=O) groups is 2. The number of rotatable bonds is 4. The van der Waals surface area contributed by atoms with Crippen molar-refractivity contribution in [2.24, 2.45) is 0 Å². The molecule has 1 amide bonds. The van der Waals surface area contributed by atoms with Crippen LogP contribution in [0.25, 0.3) is 6.08 Å². The van der Waals surface area contributed by atoms with E-state index in [0.717, 1.165) is 23.4 Å². The van der Waals surface area contributed by atoms with E-state index in [9.17, 15) is 9.59 Å². The average molecular weight is 273 g/mol. The summed E-state index contributed by atoms with van der Waals surface area (Å²) in [7, 11) is 1.76. The molecule has 1 aliphatic rings. The van der Waals surface area contributed by atoms with Crippen molar-refractivity contribution in [2.75, 3.05) is 18.6 Å². The van der Waals surface area contributed by atoms with Crippen LogP contribution < -0.4 is 9.64 Å². The smallest absolute Gasteiger partial charge is 0.230 e. The van der Waals surface area contributed by atoms with Crippen LogP contribution in [0, 0.1) is 0 Å². The number of ether oxygens (including phenoxy) is 1. The molecule has 1 heterocycles. The Balaban J connectivity index is 2.15. The van der Waals surface area contributed by atoms with Gasteiger partial charge in [-0.3, -0.25) is 4.79 Å². The molecule has 2 rings (SSSR count). The molecule has 0 aromatic heterocycles. The number of nitrogens with zero attached hydrogens (tertiary/aromatic N) is 1. The number of anilines is 1. The van der Waals surface area contributed by atoms with Gasteiger partial charge in [-0.05, 0) is 31.0 Å². The lowest BCUT2D eigenvalue weighted by atomic mass is 10.1. The summed E-state index contributed by atoms with van der Waals surface area (Å²) in [6, 6.07) is 5.77. The highest BCUT2D eigenvalue weighted by atomic mass is 16.5. The summed E-state index contributed by atoms with van der Waals surface area (Å²) in [4.78, 5) is 24.3. The first kappa shape index (κ1) is 14.3. The van der Waals surface area contributed by atoms with Gasteiger partial charge in [-0.25, -0.2) is 0 Å². The van der Waals surface area contributed by atoms with E-state index in [1.54, 1.807) is 18.9 Å².